The summed E-state index contributed by atoms with van der Waals surface area (Å²) in [5.41, 5.74) is 3.55. The molecular weight excluding hydrogens is 302 g/mol. The normalized spacial score (nSPS) is 14.1. The molecule has 0 radical (unpaired) electrons. The van der Waals surface area contributed by atoms with Gasteiger partial charge in [0.25, 0.3) is 5.78 Å². The Morgan fingerprint density at radius 1 is 1.25 bits per heavy atom. The van der Waals surface area contributed by atoms with E-state index in [0.717, 1.165) is 43.9 Å². The van der Waals surface area contributed by atoms with Gasteiger partial charge in [-0.3, -0.25) is 0 Å². The number of hydrogen-bond donors (Lipinski definition) is 1. The van der Waals surface area contributed by atoms with Crippen LogP contribution >= 0.6 is 0 Å². The highest BCUT2D eigenvalue weighted by Gasteiger charge is 2.17. The maximum Gasteiger partial charge on any atom is 0.254 e. The maximum absolute atomic E-state index is 4.74. The number of aryl methyl sites for hydroxylation is 3. The average molecular weight is 325 g/mol. The molecule has 0 amide bonds. The lowest BCUT2D eigenvalue weighted by atomic mass is 10.1. The smallest absolute Gasteiger partial charge is 0.254 e. The van der Waals surface area contributed by atoms with Crippen molar-refractivity contribution in [3.05, 3.63) is 35.3 Å². The van der Waals surface area contributed by atoms with Crippen LogP contribution in [-0.2, 0) is 25.8 Å². The number of hydrogen-bond acceptors (Lipinski definition) is 5. The first-order chi connectivity index (χ1) is 11.8. The molecule has 126 valence electrons. The summed E-state index contributed by atoms with van der Waals surface area (Å²) in [6.45, 7) is 6.17. The molecule has 1 N–H and O–H groups in total. The van der Waals surface area contributed by atoms with E-state index >= 15 is 0 Å². The fourth-order valence-electron chi connectivity index (χ4n) is 3.47. The molecule has 24 heavy (non-hydrogen) atoms. The predicted molar refractivity (Wildman–Crippen MR) is 92.3 cm³/mol. The Morgan fingerprint density at radius 2 is 2.17 bits per heavy atom. The van der Waals surface area contributed by atoms with Crippen LogP contribution in [0, 0.1) is 6.92 Å². The molecule has 4 heterocycles. The monoisotopic (exact) mass is 325 g/mol. The third kappa shape index (κ3) is 2.64. The molecule has 0 bridgehead atoms. The van der Waals surface area contributed by atoms with E-state index < -0.39 is 0 Å². The number of nitrogens with one attached hydrogen (secondary N) is 1. The van der Waals surface area contributed by atoms with Crippen LogP contribution < -0.4 is 5.32 Å². The minimum absolute atomic E-state index is 0.648. The van der Waals surface area contributed by atoms with Crippen LogP contribution in [0.15, 0.2) is 12.4 Å². The minimum Gasteiger partial charge on any atom is -0.369 e. The van der Waals surface area contributed by atoms with Gasteiger partial charge in [-0.2, -0.15) is 14.6 Å². The lowest BCUT2D eigenvalue weighted by Gasteiger charge is -2.17. The number of anilines is 1. The van der Waals surface area contributed by atoms with E-state index in [1.165, 1.54) is 30.1 Å². The third-order valence-electron chi connectivity index (χ3n) is 4.72. The van der Waals surface area contributed by atoms with Gasteiger partial charge in [0.15, 0.2) is 0 Å². The second-order valence-corrected chi connectivity index (χ2v) is 6.30. The first-order valence-electron chi connectivity index (χ1n) is 8.74. The van der Waals surface area contributed by atoms with Crippen molar-refractivity contribution in [1.82, 2.24) is 29.1 Å². The van der Waals surface area contributed by atoms with Crippen molar-refractivity contribution < 1.29 is 0 Å². The topological polar surface area (TPSA) is 72.9 Å². The van der Waals surface area contributed by atoms with Crippen molar-refractivity contribution in [3.63, 3.8) is 0 Å². The molecule has 0 fully saturated rings. The molecule has 4 rings (SSSR count). The Morgan fingerprint density at radius 3 is 3.04 bits per heavy atom. The van der Waals surface area contributed by atoms with E-state index in [1.807, 2.05) is 0 Å². The molecule has 0 atom stereocenters. The highest BCUT2D eigenvalue weighted by Crippen LogP contribution is 2.20. The predicted octanol–water partition coefficient (Wildman–Crippen LogP) is 2.18. The minimum atomic E-state index is 0.648. The Bertz CT molecular complexity index is 861. The highest BCUT2D eigenvalue weighted by atomic mass is 15.3. The molecule has 0 spiro atoms. The molecule has 0 aromatic carbocycles. The van der Waals surface area contributed by atoms with Gasteiger partial charge >= 0.3 is 0 Å². The summed E-state index contributed by atoms with van der Waals surface area (Å²) in [6, 6.07) is 2.06. The molecule has 0 saturated heterocycles. The van der Waals surface area contributed by atoms with Crippen molar-refractivity contribution in [1.29, 1.82) is 0 Å². The first kappa shape index (κ1) is 15.1. The van der Waals surface area contributed by atoms with E-state index in [2.05, 4.69) is 44.9 Å². The summed E-state index contributed by atoms with van der Waals surface area (Å²) in [4.78, 5) is 13.4. The SMILES string of the molecule is CCc1cc(NCCc2c(C)nc3n2CCCC3)n2ncnc2n1. The zero-order chi connectivity index (χ0) is 16.5. The van der Waals surface area contributed by atoms with Gasteiger partial charge in [-0.05, 0) is 26.2 Å². The summed E-state index contributed by atoms with van der Waals surface area (Å²) >= 11 is 0. The molecule has 0 saturated carbocycles. The molecule has 7 nitrogen and oxygen atoms in total. The van der Waals surface area contributed by atoms with Crippen LogP contribution in [0.3, 0.4) is 0 Å². The first-order valence-corrected chi connectivity index (χ1v) is 8.74. The van der Waals surface area contributed by atoms with Gasteiger partial charge in [-0.25, -0.2) is 9.97 Å². The second-order valence-electron chi connectivity index (χ2n) is 6.30. The third-order valence-corrected chi connectivity index (χ3v) is 4.72. The Labute approximate surface area is 141 Å². The van der Waals surface area contributed by atoms with Crippen molar-refractivity contribution in [3.8, 4) is 0 Å². The van der Waals surface area contributed by atoms with Crippen LogP contribution in [0.25, 0.3) is 5.78 Å². The van der Waals surface area contributed by atoms with Gasteiger partial charge in [-0.15, -0.1) is 0 Å². The van der Waals surface area contributed by atoms with Crippen LogP contribution in [0.4, 0.5) is 5.82 Å². The summed E-state index contributed by atoms with van der Waals surface area (Å²) in [7, 11) is 0. The molecule has 0 unspecified atom stereocenters. The van der Waals surface area contributed by atoms with E-state index in [4.69, 9.17) is 4.98 Å². The molecule has 3 aromatic heterocycles. The number of rotatable bonds is 5. The lowest BCUT2D eigenvalue weighted by molar-refractivity contribution is 0.508. The van der Waals surface area contributed by atoms with Crippen LogP contribution in [0.1, 0.15) is 42.7 Å². The van der Waals surface area contributed by atoms with Crippen molar-refractivity contribution >= 4 is 11.6 Å². The Kier molecular flexibility index (Phi) is 3.92. The fourth-order valence-corrected chi connectivity index (χ4v) is 3.47. The summed E-state index contributed by atoms with van der Waals surface area (Å²) in [6.07, 6.45) is 7.01. The molecular formula is C17H23N7. The summed E-state index contributed by atoms with van der Waals surface area (Å²) < 4.78 is 4.17. The standard InChI is InChI=1S/C17H23N7/c1-3-13-10-16(24-17(22-13)19-11-20-24)18-8-7-14-12(2)21-15-6-4-5-9-23(14)15/h10-11,18H,3-9H2,1-2H3. The number of imidazole rings is 1. The van der Waals surface area contributed by atoms with Gasteiger partial charge in [0, 0.05) is 43.4 Å². The summed E-state index contributed by atoms with van der Waals surface area (Å²) in [5.74, 6) is 2.85. The van der Waals surface area contributed by atoms with Crippen molar-refractivity contribution in [2.75, 3.05) is 11.9 Å². The summed E-state index contributed by atoms with van der Waals surface area (Å²) in [5, 5.41) is 7.76. The van der Waals surface area contributed by atoms with Gasteiger partial charge in [0.2, 0.25) is 0 Å². The zero-order valence-corrected chi connectivity index (χ0v) is 14.3. The van der Waals surface area contributed by atoms with E-state index in [0.29, 0.717) is 5.78 Å². The van der Waals surface area contributed by atoms with E-state index in [1.54, 1.807) is 10.8 Å². The number of aromatic nitrogens is 6. The van der Waals surface area contributed by atoms with Crippen LogP contribution in [0.5, 0.6) is 0 Å². The molecule has 7 heteroatoms. The number of fused-ring (bicyclic) bond motifs is 2. The molecule has 0 aliphatic carbocycles. The molecule has 1 aliphatic rings. The van der Waals surface area contributed by atoms with E-state index in [-0.39, 0.29) is 0 Å². The van der Waals surface area contributed by atoms with Crippen molar-refractivity contribution in [2.24, 2.45) is 0 Å². The quantitative estimate of drug-likeness (QED) is 0.778. The van der Waals surface area contributed by atoms with E-state index in [9.17, 15) is 0 Å². The van der Waals surface area contributed by atoms with Gasteiger partial charge in [-0.1, -0.05) is 6.92 Å². The lowest BCUT2D eigenvalue weighted by Crippen LogP contribution is -2.16. The second kappa shape index (κ2) is 6.22. The largest absolute Gasteiger partial charge is 0.369 e. The molecule has 3 aromatic rings. The Hall–Kier alpha value is -2.44. The Balaban J connectivity index is 1.52. The highest BCUT2D eigenvalue weighted by molar-refractivity contribution is 5.45. The van der Waals surface area contributed by atoms with Gasteiger partial charge in [0.05, 0.1) is 5.69 Å². The maximum atomic E-state index is 4.74. The van der Waals surface area contributed by atoms with Crippen LogP contribution in [-0.4, -0.2) is 35.7 Å². The average Bonchev–Trinajstić information content (AvgIpc) is 3.19. The van der Waals surface area contributed by atoms with Gasteiger partial charge < -0.3 is 9.88 Å². The fraction of sp³-hybridized carbons (Fsp3) is 0.529. The molecule has 1 aliphatic heterocycles. The zero-order valence-electron chi connectivity index (χ0n) is 14.3. The number of nitrogens with zero attached hydrogens (tertiary/aromatic N) is 6. The van der Waals surface area contributed by atoms with Gasteiger partial charge in [0.1, 0.15) is 18.0 Å². The van der Waals surface area contributed by atoms with Crippen molar-refractivity contribution in [2.45, 2.75) is 52.5 Å². The van der Waals surface area contributed by atoms with Crippen LogP contribution in [0.2, 0.25) is 0 Å².